The highest BCUT2D eigenvalue weighted by Crippen LogP contribution is 2.29. The lowest BCUT2D eigenvalue weighted by Gasteiger charge is -2.31. The lowest BCUT2D eigenvalue weighted by Crippen LogP contribution is -2.46. The van der Waals surface area contributed by atoms with Gasteiger partial charge in [0.1, 0.15) is 11.6 Å². The summed E-state index contributed by atoms with van der Waals surface area (Å²) in [7, 11) is -3.31. The van der Waals surface area contributed by atoms with E-state index in [0.717, 1.165) is 11.1 Å². The zero-order valence-electron chi connectivity index (χ0n) is 20.6. The molecular weight excluding hydrogens is 466 g/mol. The Balaban J connectivity index is 1.70. The van der Waals surface area contributed by atoms with Crippen LogP contribution in [-0.4, -0.2) is 49.7 Å². The zero-order chi connectivity index (χ0) is 25.5. The number of benzene rings is 2. The summed E-state index contributed by atoms with van der Waals surface area (Å²) in [6, 6.07) is 17.8. The van der Waals surface area contributed by atoms with Crippen molar-refractivity contribution in [3.8, 4) is 0 Å². The fourth-order valence-electron chi connectivity index (χ4n) is 4.29. The second kappa shape index (κ2) is 11.7. The zero-order valence-corrected chi connectivity index (χ0v) is 21.4. The normalized spacial score (nSPS) is 20.4. The van der Waals surface area contributed by atoms with Gasteiger partial charge in [0.05, 0.1) is 17.6 Å². The first-order chi connectivity index (χ1) is 16.5. The largest absolute Gasteiger partial charge is 0.464 e. The third-order valence-corrected chi connectivity index (χ3v) is 8.30. The third-order valence-electron chi connectivity index (χ3n) is 5.97. The minimum atomic E-state index is -3.31. The molecular formula is C27H35NO6S. The average Bonchev–Trinajstić information content (AvgIpc) is 2.79. The van der Waals surface area contributed by atoms with Crippen molar-refractivity contribution in [3.05, 3.63) is 71.8 Å². The third kappa shape index (κ3) is 8.38. The summed E-state index contributed by atoms with van der Waals surface area (Å²) in [5.41, 5.74) is 1.08. The van der Waals surface area contributed by atoms with Crippen molar-refractivity contribution in [3.63, 3.8) is 0 Å². The van der Waals surface area contributed by atoms with Gasteiger partial charge in [0.25, 0.3) is 0 Å². The highest BCUT2D eigenvalue weighted by atomic mass is 32.2. The van der Waals surface area contributed by atoms with Crippen LogP contribution in [0.3, 0.4) is 0 Å². The summed E-state index contributed by atoms with van der Waals surface area (Å²) in [6.45, 7) is 5.21. The molecule has 1 heterocycles. The fraction of sp³-hybridized carbons (Fsp3) is 0.481. The minimum Gasteiger partial charge on any atom is -0.464 e. The van der Waals surface area contributed by atoms with E-state index in [2.05, 4.69) is 5.32 Å². The number of rotatable bonds is 8. The molecule has 3 atom stereocenters. The van der Waals surface area contributed by atoms with E-state index in [-0.39, 0.29) is 24.7 Å². The van der Waals surface area contributed by atoms with E-state index < -0.39 is 38.8 Å². The number of carbonyl (C=O) groups excluding carboxylic acids is 2. The molecule has 1 fully saturated rings. The smallest absolute Gasteiger partial charge is 0.408 e. The molecule has 2 aromatic carbocycles. The summed E-state index contributed by atoms with van der Waals surface area (Å²) < 4.78 is 36.7. The van der Waals surface area contributed by atoms with Crippen molar-refractivity contribution >= 4 is 21.9 Å². The molecule has 190 valence electrons. The van der Waals surface area contributed by atoms with Gasteiger partial charge in [-0.15, -0.1) is 0 Å². The molecule has 1 saturated heterocycles. The first kappa shape index (κ1) is 26.7. The lowest BCUT2D eigenvalue weighted by atomic mass is 9.94. The van der Waals surface area contributed by atoms with Crippen LogP contribution in [0.15, 0.2) is 60.7 Å². The quantitative estimate of drug-likeness (QED) is 0.547. The molecule has 3 rings (SSSR count). The molecule has 1 aliphatic rings. The summed E-state index contributed by atoms with van der Waals surface area (Å²) >= 11 is 0. The molecule has 1 aliphatic heterocycles. The highest BCUT2D eigenvalue weighted by Gasteiger charge is 2.38. The Bertz CT molecular complexity index is 1080. The summed E-state index contributed by atoms with van der Waals surface area (Å²) in [4.78, 5) is 25.5. The molecule has 7 nitrogen and oxygen atoms in total. The van der Waals surface area contributed by atoms with Gasteiger partial charge in [0.15, 0.2) is 9.84 Å². The van der Waals surface area contributed by atoms with Crippen LogP contribution >= 0.6 is 0 Å². The molecule has 8 heteroatoms. The molecule has 35 heavy (non-hydrogen) atoms. The predicted molar refractivity (Wildman–Crippen MR) is 135 cm³/mol. The van der Waals surface area contributed by atoms with Gasteiger partial charge < -0.3 is 14.8 Å². The molecule has 0 radical (unpaired) electrons. The molecule has 0 spiro atoms. The molecule has 0 aliphatic carbocycles. The molecule has 1 amide bonds. The van der Waals surface area contributed by atoms with Gasteiger partial charge in [-0.05, 0) is 51.2 Å². The number of hydrogen-bond acceptors (Lipinski definition) is 6. The number of ether oxygens (including phenoxy) is 2. The Morgan fingerprint density at radius 3 is 2.20 bits per heavy atom. The molecule has 1 N–H and O–H groups in total. The average molecular weight is 502 g/mol. The van der Waals surface area contributed by atoms with Crippen LogP contribution in [0.1, 0.15) is 44.7 Å². The molecule has 2 aromatic rings. The van der Waals surface area contributed by atoms with E-state index >= 15 is 0 Å². The van der Waals surface area contributed by atoms with E-state index in [1.165, 1.54) is 0 Å². The van der Waals surface area contributed by atoms with Crippen molar-refractivity contribution in [2.45, 2.75) is 63.3 Å². The van der Waals surface area contributed by atoms with Gasteiger partial charge in [0.2, 0.25) is 0 Å². The number of nitrogens with one attached hydrogen (secondary N) is 1. The van der Waals surface area contributed by atoms with Crippen LogP contribution < -0.4 is 5.32 Å². The Morgan fingerprint density at radius 1 is 1.00 bits per heavy atom. The topological polar surface area (TPSA) is 98.8 Å². The van der Waals surface area contributed by atoms with Crippen LogP contribution in [0.25, 0.3) is 0 Å². The van der Waals surface area contributed by atoms with E-state index in [9.17, 15) is 18.0 Å². The Hall–Kier alpha value is -2.87. The number of amides is 1. The Labute approximate surface area is 208 Å². The van der Waals surface area contributed by atoms with E-state index in [1.807, 2.05) is 60.7 Å². The Morgan fingerprint density at radius 2 is 1.60 bits per heavy atom. The van der Waals surface area contributed by atoms with E-state index in [4.69, 9.17) is 9.47 Å². The van der Waals surface area contributed by atoms with E-state index in [0.29, 0.717) is 19.3 Å². The van der Waals surface area contributed by atoms with Gasteiger partial charge in [-0.1, -0.05) is 60.7 Å². The molecule has 0 bridgehead atoms. The van der Waals surface area contributed by atoms with Gasteiger partial charge in [0, 0.05) is 12.3 Å². The Kier molecular flexibility index (Phi) is 8.94. The standard InChI is InChI=1S/C27H35NO6S/c1-27(2,3)34-26(30)28-23(17-20-11-6-4-7-12-20)25(29)33-19-22-15-10-16-35(31,32)24(22)18-21-13-8-5-9-14-21/h4-9,11-14,22-24H,10,15-19H2,1-3H3,(H,28,30)/t22-,23-,24-/m1/s1. The van der Waals surface area contributed by atoms with Crippen LogP contribution in [-0.2, 0) is 36.9 Å². The maximum absolute atomic E-state index is 13.1. The maximum atomic E-state index is 13.1. The van der Waals surface area contributed by atoms with Crippen molar-refractivity contribution in [1.29, 1.82) is 0 Å². The molecule has 0 aromatic heterocycles. The second-order valence-electron chi connectivity index (χ2n) is 10.0. The first-order valence-electron chi connectivity index (χ1n) is 12.0. The predicted octanol–water partition coefficient (Wildman–Crippen LogP) is 4.10. The lowest BCUT2D eigenvalue weighted by molar-refractivity contribution is -0.147. The van der Waals surface area contributed by atoms with Gasteiger partial charge in [-0.3, -0.25) is 0 Å². The monoisotopic (exact) mass is 501 g/mol. The highest BCUT2D eigenvalue weighted by molar-refractivity contribution is 7.92. The fourth-order valence-corrected chi connectivity index (χ4v) is 6.41. The van der Waals surface area contributed by atoms with Crippen LogP contribution in [0.4, 0.5) is 4.79 Å². The number of alkyl carbamates (subject to hydrolysis) is 1. The summed E-state index contributed by atoms with van der Waals surface area (Å²) in [5, 5.41) is 2.01. The number of sulfone groups is 1. The summed E-state index contributed by atoms with van der Waals surface area (Å²) in [5.74, 6) is -0.774. The van der Waals surface area contributed by atoms with Crippen molar-refractivity contribution in [2.24, 2.45) is 5.92 Å². The second-order valence-corrected chi connectivity index (χ2v) is 12.4. The van der Waals surface area contributed by atoms with E-state index in [1.54, 1.807) is 20.8 Å². The van der Waals surface area contributed by atoms with Crippen molar-refractivity contribution in [2.75, 3.05) is 12.4 Å². The molecule has 0 saturated carbocycles. The van der Waals surface area contributed by atoms with Crippen LogP contribution in [0.2, 0.25) is 0 Å². The van der Waals surface area contributed by atoms with Gasteiger partial charge in [-0.2, -0.15) is 0 Å². The van der Waals surface area contributed by atoms with Crippen LogP contribution in [0, 0.1) is 5.92 Å². The number of carbonyl (C=O) groups is 2. The van der Waals surface area contributed by atoms with Crippen molar-refractivity contribution in [1.82, 2.24) is 5.32 Å². The van der Waals surface area contributed by atoms with Crippen molar-refractivity contribution < 1.29 is 27.5 Å². The van der Waals surface area contributed by atoms with Gasteiger partial charge in [-0.25, -0.2) is 18.0 Å². The minimum absolute atomic E-state index is 0.0170. The summed E-state index contributed by atoms with van der Waals surface area (Å²) in [6.07, 6.45) is 1.11. The van der Waals surface area contributed by atoms with Crippen LogP contribution in [0.5, 0.6) is 0 Å². The first-order valence-corrected chi connectivity index (χ1v) is 13.7. The maximum Gasteiger partial charge on any atom is 0.408 e. The number of esters is 1. The van der Waals surface area contributed by atoms with Gasteiger partial charge >= 0.3 is 12.1 Å². The molecule has 0 unspecified atom stereocenters. The number of hydrogen-bond donors (Lipinski definition) is 1. The SMILES string of the molecule is CC(C)(C)OC(=O)N[C@H](Cc1ccccc1)C(=O)OC[C@H]1CCCS(=O)(=O)[C@@H]1Cc1ccccc1.